The first-order valence-corrected chi connectivity index (χ1v) is 6.18. The molecule has 0 saturated carbocycles. The standard InChI is InChI=1S/C14H13N5O/c1-10-12(8-16-18(10)2)14(20)13-9-15-17-19(13)11-6-4-3-5-7-11/h3-9H,1-2H3. The molecule has 0 atom stereocenters. The van der Waals surface area contributed by atoms with E-state index in [1.807, 2.05) is 37.3 Å². The van der Waals surface area contributed by atoms with Crippen molar-refractivity contribution in [1.82, 2.24) is 24.8 Å². The summed E-state index contributed by atoms with van der Waals surface area (Å²) in [5, 5.41) is 11.9. The third-order valence-corrected chi connectivity index (χ3v) is 3.26. The van der Waals surface area contributed by atoms with Gasteiger partial charge in [-0.2, -0.15) is 5.10 Å². The number of ketones is 1. The molecule has 0 fully saturated rings. The molecular weight excluding hydrogens is 254 g/mol. The Morgan fingerprint density at radius 2 is 1.90 bits per heavy atom. The molecule has 2 heterocycles. The minimum atomic E-state index is -0.135. The molecule has 0 amide bonds. The predicted molar refractivity (Wildman–Crippen MR) is 72.7 cm³/mol. The number of carbonyl (C=O) groups is 1. The number of benzene rings is 1. The number of para-hydroxylation sites is 1. The number of nitrogens with zero attached hydrogens (tertiary/aromatic N) is 5. The van der Waals surface area contributed by atoms with E-state index in [-0.39, 0.29) is 5.78 Å². The van der Waals surface area contributed by atoms with Crippen LogP contribution in [0.15, 0.2) is 42.7 Å². The molecule has 0 aliphatic carbocycles. The minimum Gasteiger partial charge on any atom is -0.287 e. The number of rotatable bonds is 3. The average Bonchev–Trinajstić information content (AvgIpc) is 3.08. The SMILES string of the molecule is Cc1c(C(=O)c2cnnn2-c2ccccc2)cnn1C. The van der Waals surface area contributed by atoms with Crippen molar-refractivity contribution < 1.29 is 4.79 Å². The van der Waals surface area contributed by atoms with E-state index in [4.69, 9.17) is 0 Å². The summed E-state index contributed by atoms with van der Waals surface area (Å²) in [6, 6.07) is 9.44. The third-order valence-electron chi connectivity index (χ3n) is 3.26. The molecule has 6 heteroatoms. The molecular formula is C14H13N5O. The van der Waals surface area contributed by atoms with Crippen LogP contribution in [0.25, 0.3) is 5.69 Å². The first kappa shape index (κ1) is 12.3. The fourth-order valence-electron chi connectivity index (χ4n) is 2.01. The molecule has 0 aliphatic rings. The Kier molecular flexibility index (Phi) is 2.90. The highest BCUT2D eigenvalue weighted by Crippen LogP contribution is 2.15. The van der Waals surface area contributed by atoms with Crippen LogP contribution in [0, 0.1) is 6.92 Å². The van der Waals surface area contributed by atoms with E-state index in [9.17, 15) is 4.79 Å². The second-order valence-corrected chi connectivity index (χ2v) is 4.46. The van der Waals surface area contributed by atoms with Crippen LogP contribution in [0.1, 0.15) is 21.7 Å². The van der Waals surface area contributed by atoms with Gasteiger partial charge in [0, 0.05) is 12.7 Å². The van der Waals surface area contributed by atoms with Gasteiger partial charge in [-0.15, -0.1) is 5.10 Å². The Labute approximate surface area is 115 Å². The van der Waals surface area contributed by atoms with Gasteiger partial charge in [-0.1, -0.05) is 23.4 Å². The lowest BCUT2D eigenvalue weighted by Gasteiger charge is -2.04. The summed E-state index contributed by atoms with van der Waals surface area (Å²) < 4.78 is 3.21. The van der Waals surface area contributed by atoms with Crippen molar-refractivity contribution >= 4 is 5.78 Å². The maximum atomic E-state index is 12.6. The number of hydrogen-bond donors (Lipinski definition) is 0. The predicted octanol–water partition coefficient (Wildman–Crippen LogP) is 1.54. The van der Waals surface area contributed by atoms with Gasteiger partial charge in [-0.25, -0.2) is 4.68 Å². The Balaban J connectivity index is 2.06. The van der Waals surface area contributed by atoms with Crippen LogP contribution in [-0.2, 0) is 7.05 Å². The Bertz CT molecular complexity index is 757. The van der Waals surface area contributed by atoms with E-state index in [1.54, 1.807) is 17.9 Å². The largest absolute Gasteiger partial charge is 0.287 e. The third kappa shape index (κ3) is 1.91. The normalized spacial score (nSPS) is 10.7. The zero-order chi connectivity index (χ0) is 14.1. The summed E-state index contributed by atoms with van der Waals surface area (Å²) in [6.45, 7) is 1.86. The summed E-state index contributed by atoms with van der Waals surface area (Å²) in [5.74, 6) is -0.135. The number of aryl methyl sites for hydroxylation is 1. The zero-order valence-corrected chi connectivity index (χ0v) is 11.2. The van der Waals surface area contributed by atoms with E-state index in [1.165, 1.54) is 10.9 Å². The van der Waals surface area contributed by atoms with E-state index in [0.717, 1.165) is 11.4 Å². The quantitative estimate of drug-likeness (QED) is 0.675. The molecule has 20 heavy (non-hydrogen) atoms. The van der Waals surface area contributed by atoms with Gasteiger partial charge in [0.2, 0.25) is 5.78 Å². The number of aromatic nitrogens is 5. The van der Waals surface area contributed by atoms with Gasteiger partial charge < -0.3 is 0 Å². The van der Waals surface area contributed by atoms with Gasteiger partial charge in [-0.05, 0) is 19.1 Å². The van der Waals surface area contributed by atoms with Crippen LogP contribution in [0.2, 0.25) is 0 Å². The van der Waals surface area contributed by atoms with Crippen molar-refractivity contribution in [2.45, 2.75) is 6.92 Å². The summed E-state index contributed by atoms with van der Waals surface area (Å²) in [5.41, 5.74) is 2.60. The number of hydrogen-bond acceptors (Lipinski definition) is 4. The van der Waals surface area contributed by atoms with Gasteiger partial charge in [0.1, 0.15) is 5.69 Å². The smallest absolute Gasteiger partial charge is 0.216 e. The summed E-state index contributed by atoms with van der Waals surface area (Å²) in [4.78, 5) is 12.6. The lowest BCUT2D eigenvalue weighted by Crippen LogP contribution is -2.11. The molecule has 0 N–H and O–H groups in total. The minimum absolute atomic E-state index is 0.135. The van der Waals surface area contributed by atoms with Crippen molar-refractivity contribution in [2.24, 2.45) is 7.05 Å². The first-order chi connectivity index (χ1) is 9.68. The molecule has 100 valence electrons. The zero-order valence-electron chi connectivity index (χ0n) is 11.2. The second-order valence-electron chi connectivity index (χ2n) is 4.46. The number of carbonyl (C=O) groups excluding carboxylic acids is 1. The van der Waals surface area contributed by atoms with E-state index in [2.05, 4.69) is 15.4 Å². The lowest BCUT2D eigenvalue weighted by molar-refractivity contribution is 0.103. The van der Waals surface area contributed by atoms with Crippen LogP contribution >= 0.6 is 0 Å². The molecule has 0 spiro atoms. The van der Waals surface area contributed by atoms with Crippen LogP contribution in [0.5, 0.6) is 0 Å². The topological polar surface area (TPSA) is 65.6 Å². The molecule has 0 radical (unpaired) electrons. The molecule has 3 rings (SSSR count). The van der Waals surface area contributed by atoms with Crippen LogP contribution in [0.3, 0.4) is 0 Å². The Morgan fingerprint density at radius 3 is 2.55 bits per heavy atom. The monoisotopic (exact) mass is 267 g/mol. The Morgan fingerprint density at radius 1 is 1.15 bits per heavy atom. The molecule has 0 bridgehead atoms. The molecule has 0 aliphatic heterocycles. The van der Waals surface area contributed by atoms with Crippen molar-refractivity contribution in [3.63, 3.8) is 0 Å². The van der Waals surface area contributed by atoms with Crippen LogP contribution in [-0.4, -0.2) is 30.6 Å². The van der Waals surface area contributed by atoms with E-state index in [0.29, 0.717) is 11.3 Å². The molecule has 0 saturated heterocycles. The summed E-state index contributed by atoms with van der Waals surface area (Å²) >= 11 is 0. The highest BCUT2D eigenvalue weighted by Gasteiger charge is 2.20. The van der Waals surface area contributed by atoms with Gasteiger partial charge in [0.05, 0.1) is 23.6 Å². The van der Waals surface area contributed by atoms with Crippen molar-refractivity contribution in [2.75, 3.05) is 0 Å². The molecule has 0 unspecified atom stereocenters. The highest BCUT2D eigenvalue weighted by molar-refractivity contribution is 6.08. The van der Waals surface area contributed by atoms with E-state index < -0.39 is 0 Å². The van der Waals surface area contributed by atoms with Gasteiger partial charge in [0.25, 0.3) is 0 Å². The maximum absolute atomic E-state index is 12.6. The first-order valence-electron chi connectivity index (χ1n) is 6.18. The molecule has 6 nitrogen and oxygen atoms in total. The summed E-state index contributed by atoms with van der Waals surface area (Å²) in [7, 11) is 1.80. The molecule has 1 aromatic carbocycles. The van der Waals surface area contributed by atoms with Gasteiger partial charge >= 0.3 is 0 Å². The maximum Gasteiger partial charge on any atom is 0.216 e. The highest BCUT2D eigenvalue weighted by atomic mass is 16.1. The van der Waals surface area contributed by atoms with Gasteiger partial charge in [-0.3, -0.25) is 9.48 Å². The fourth-order valence-corrected chi connectivity index (χ4v) is 2.01. The summed E-state index contributed by atoms with van der Waals surface area (Å²) in [6.07, 6.45) is 3.04. The second kappa shape index (κ2) is 4.73. The molecule has 2 aromatic heterocycles. The fraction of sp³-hybridized carbons (Fsp3) is 0.143. The van der Waals surface area contributed by atoms with Crippen molar-refractivity contribution in [1.29, 1.82) is 0 Å². The Hall–Kier alpha value is -2.76. The molecule has 3 aromatic rings. The lowest BCUT2D eigenvalue weighted by atomic mass is 10.1. The van der Waals surface area contributed by atoms with Crippen LogP contribution < -0.4 is 0 Å². The van der Waals surface area contributed by atoms with Gasteiger partial charge in [0.15, 0.2) is 0 Å². The van der Waals surface area contributed by atoms with E-state index >= 15 is 0 Å². The van der Waals surface area contributed by atoms with Crippen molar-refractivity contribution in [3.05, 3.63) is 59.7 Å². The van der Waals surface area contributed by atoms with Crippen molar-refractivity contribution in [3.8, 4) is 5.69 Å². The average molecular weight is 267 g/mol. The van der Waals surface area contributed by atoms with Crippen LogP contribution in [0.4, 0.5) is 0 Å².